The number of hydrogen-bond donors (Lipinski definition) is 0. The van der Waals surface area contributed by atoms with Crippen LogP contribution >= 0.6 is 0 Å². The summed E-state index contributed by atoms with van der Waals surface area (Å²) in [6.45, 7) is 9.55. The van der Waals surface area contributed by atoms with E-state index in [0.29, 0.717) is 6.04 Å². The maximum atomic E-state index is 4.96. The van der Waals surface area contributed by atoms with Gasteiger partial charge in [0.25, 0.3) is 0 Å². The minimum atomic E-state index is 0.381. The van der Waals surface area contributed by atoms with Crippen molar-refractivity contribution < 1.29 is 0 Å². The predicted octanol–water partition coefficient (Wildman–Crippen LogP) is 4.58. The Balaban J connectivity index is 1.88. The van der Waals surface area contributed by atoms with Crippen LogP contribution < -0.4 is 9.80 Å². The van der Waals surface area contributed by atoms with Gasteiger partial charge >= 0.3 is 0 Å². The molecule has 1 aromatic carbocycles. The molecule has 1 fully saturated rings. The van der Waals surface area contributed by atoms with Crippen molar-refractivity contribution in [3.8, 4) is 0 Å². The van der Waals surface area contributed by atoms with Gasteiger partial charge in [-0.25, -0.2) is 4.98 Å². The number of hydrogen-bond acceptors (Lipinski definition) is 4. The van der Waals surface area contributed by atoms with Crippen LogP contribution in [0.4, 0.5) is 11.8 Å². The largest absolute Gasteiger partial charge is 0.350 e. The monoisotopic (exact) mass is 338 g/mol. The summed E-state index contributed by atoms with van der Waals surface area (Å²) in [4.78, 5) is 14.4. The first-order chi connectivity index (χ1) is 12.1. The molecule has 0 bridgehead atoms. The lowest BCUT2D eigenvalue weighted by molar-refractivity contribution is 0.666. The van der Waals surface area contributed by atoms with E-state index in [0.717, 1.165) is 37.1 Å². The van der Waals surface area contributed by atoms with Crippen LogP contribution in [0.2, 0.25) is 0 Å². The van der Waals surface area contributed by atoms with Gasteiger partial charge in [-0.1, -0.05) is 43.2 Å². The molecule has 0 atom stereocenters. The van der Waals surface area contributed by atoms with Gasteiger partial charge in [-0.3, -0.25) is 0 Å². The van der Waals surface area contributed by atoms with E-state index in [1.807, 2.05) is 0 Å². The van der Waals surface area contributed by atoms with E-state index in [-0.39, 0.29) is 0 Å². The minimum absolute atomic E-state index is 0.381. The van der Waals surface area contributed by atoms with Crippen LogP contribution in [0.15, 0.2) is 36.4 Å². The van der Waals surface area contributed by atoms with Gasteiger partial charge in [-0.15, -0.1) is 0 Å². The summed E-state index contributed by atoms with van der Waals surface area (Å²) >= 11 is 0. The van der Waals surface area contributed by atoms with E-state index in [1.165, 1.54) is 31.2 Å². The molecule has 0 unspecified atom stereocenters. The molecule has 0 spiro atoms. The van der Waals surface area contributed by atoms with E-state index in [9.17, 15) is 0 Å². The Labute approximate surface area is 151 Å². The smallest absolute Gasteiger partial charge is 0.227 e. The fraction of sp³-hybridized carbons (Fsp3) is 0.524. The molecule has 2 heterocycles. The molecule has 2 aromatic rings. The second-order valence-corrected chi connectivity index (χ2v) is 7.28. The average molecular weight is 338 g/mol. The van der Waals surface area contributed by atoms with E-state index < -0.39 is 0 Å². The number of rotatable bonds is 5. The molecule has 134 valence electrons. The lowest BCUT2D eigenvalue weighted by Gasteiger charge is -2.30. The van der Waals surface area contributed by atoms with Gasteiger partial charge in [0.2, 0.25) is 5.95 Å². The van der Waals surface area contributed by atoms with E-state index in [2.05, 4.69) is 67.0 Å². The lowest BCUT2D eigenvalue weighted by Crippen LogP contribution is -2.32. The zero-order valence-electron chi connectivity index (χ0n) is 15.8. The van der Waals surface area contributed by atoms with E-state index >= 15 is 0 Å². The fourth-order valence-electron chi connectivity index (χ4n) is 3.40. The predicted molar refractivity (Wildman–Crippen MR) is 105 cm³/mol. The van der Waals surface area contributed by atoms with Crippen LogP contribution in [0.3, 0.4) is 0 Å². The standard InChI is InChI=1S/C21H30N4/c1-17(2)25(16-19-11-7-6-8-12-19)20-15-18(3)22-21(23-20)24-13-9-4-5-10-14-24/h6-8,11-12,15,17H,4-5,9-10,13-14,16H2,1-3H3. The van der Waals surface area contributed by atoms with E-state index in [4.69, 9.17) is 9.97 Å². The first kappa shape index (κ1) is 17.7. The van der Waals surface area contributed by atoms with Crippen LogP contribution in [-0.2, 0) is 6.54 Å². The van der Waals surface area contributed by atoms with Crippen LogP contribution in [0.1, 0.15) is 50.8 Å². The summed E-state index contributed by atoms with van der Waals surface area (Å²) in [7, 11) is 0. The second kappa shape index (κ2) is 8.32. The average Bonchev–Trinajstić information content (AvgIpc) is 2.89. The molecule has 25 heavy (non-hydrogen) atoms. The third kappa shape index (κ3) is 4.71. The van der Waals surface area contributed by atoms with Crippen molar-refractivity contribution in [3.63, 3.8) is 0 Å². The highest BCUT2D eigenvalue weighted by Gasteiger charge is 2.18. The Morgan fingerprint density at radius 3 is 2.32 bits per heavy atom. The van der Waals surface area contributed by atoms with Gasteiger partial charge in [-0.05, 0) is 39.2 Å². The first-order valence-corrected chi connectivity index (χ1v) is 9.54. The molecule has 4 heteroatoms. The number of aromatic nitrogens is 2. The molecule has 1 aliphatic rings. The SMILES string of the molecule is Cc1cc(N(Cc2ccccc2)C(C)C)nc(N2CCCCCC2)n1. The summed E-state index contributed by atoms with van der Waals surface area (Å²) < 4.78 is 0. The Morgan fingerprint density at radius 1 is 1.00 bits per heavy atom. The Morgan fingerprint density at radius 2 is 1.68 bits per heavy atom. The van der Waals surface area contributed by atoms with Crippen molar-refractivity contribution in [1.29, 1.82) is 0 Å². The minimum Gasteiger partial charge on any atom is -0.350 e. The van der Waals surface area contributed by atoms with Crippen LogP contribution in [0, 0.1) is 6.92 Å². The zero-order valence-corrected chi connectivity index (χ0v) is 15.8. The lowest BCUT2D eigenvalue weighted by atomic mass is 10.2. The van der Waals surface area contributed by atoms with Crippen molar-refractivity contribution >= 4 is 11.8 Å². The number of anilines is 2. The normalized spacial score (nSPS) is 15.3. The van der Waals surface area contributed by atoms with Gasteiger partial charge in [0.05, 0.1) is 0 Å². The maximum Gasteiger partial charge on any atom is 0.227 e. The van der Waals surface area contributed by atoms with Gasteiger partial charge in [0.15, 0.2) is 0 Å². The molecular weight excluding hydrogens is 308 g/mol. The maximum absolute atomic E-state index is 4.96. The van der Waals surface area contributed by atoms with Gasteiger partial charge in [-0.2, -0.15) is 4.98 Å². The highest BCUT2D eigenvalue weighted by molar-refractivity contribution is 5.47. The molecule has 0 saturated carbocycles. The highest BCUT2D eigenvalue weighted by Crippen LogP contribution is 2.23. The Bertz CT molecular complexity index is 661. The molecule has 0 radical (unpaired) electrons. The van der Waals surface area contributed by atoms with Crippen molar-refractivity contribution in [3.05, 3.63) is 47.7 Å². The molecule has 1 aromatic heterocycles. The third-order valence-electron chi connectivity index (χ3n) is 4.83. The first-order valence-electron chi connectivity index (χ1n) is 9.54. The number of nitrogens with zero attached hydrogens (tertiary/aromatic N) is 4. The van der Waals surface area contributed by atoms with Crippen molar-refractivity contribution in [2.45, 2.75) is 59.0 Å². The summed E-state index contributed by atoms with van der Waals surface area (Å²) in [5.41, 5.74) is 2.35. The van der Waals surface area contributed by atoms with Crippen LogP contribution in [-0.4, -0.2) is 29.1 Å². The van der Waals surface area contributed by atoms with Crippen molar-refractivity contribution in [2.75, 3.05) is 22.9 Å². The molecule has 3 rings (SSSR count). The summed E-state index contributed by atoms with van der Waals surface area (Å²) in [6.07, 6.45) is 5.12. The molecule has 0 N–H and O–H groups in total. The number of benzene rings is 1. The molecule has 0 aliphatic carbocycles. The van der Waals surface area contributed by atoms with Crippen molar-refractivity contribution in [1.82, 2.24) is 9.97 Å². The Hall–Kier alpha value is -2.10. The summed E-state index contributed by atoms with van der Waals surface area (Å²) in [6, 6.07) is 13.1. The van der Waals surface area contributed by atoms with Gasteiger partial charge < -0.3 is 9.80 Å². The zero-order chi connectivity index (χ0) is 17.6. The van der Waals surface area contributed by atoms with Crippen LogP contribution in [0.25, 0.3) is 0 Å². The quantitative estimate of drug-likeness (QED) is 0.799. The van der Waals surface area contributed by atoms with Gasteiger partial charge in [0.1, 0.15) is 5.82 Å². The number of aryl methyl sites for hydroxylation is 1. The Kier molecular flexibility index (Phi) is 5.90. The summed E-state index contributed by atoms with van der Waals surface area (Å²) in [5.74, 6) is 1.93. The molecule has 4 nitrogen and oxygen atoms in total. The molecular formula is C21H30N4. The summed E-state index contributed by atoms with van der Waals surface area (Å²) in [5, 5.41) is 0. The van der Waals surface area contributed by atoms with Gasteiger partial charge in [0, 0.05) is 37.4 Å². The molecule has 1 saturated heterocycles. The topological polar surface area (TPSA) is 32.3 Å². The van der Waals surface area contributed by atoms with Crippen LogP contribution in [0.5, 0.6) is 0 Å². The third-order valence-corrected chi connectivity index (χ3v) is 4.83. The van der Waals surface area contributed by atoms with E-state index in [1.54, 1.807) is 0 Å². The molecule has 0 amide bonds. The highest BCUT2D eigenvalue weighted by atomic mass is 15.3. The second-order valence-electron chi connectivity index (χ2n) is 7.28. The molecule has 1 aliphatic heterocycles. The van der Waals surface area contributed by atoms with Crippen molar-refractivity contribution in [2.24, 2.45) is 0 Å². The fourth-order valence-corrected chi connectivity index (χ4v) is 3.40.